The van der Waals surface area contributed by atoms with E-state index in [2.05, 4.69) is 48.0 Å². The predicted molar refractivity (Wildman–Crippen MR) is 132 cm³/mol. The molecule has 180 valence electrons. The molecule has 0 radical (unpaired) electrons. The Kier molecular flexibility index (Phi) is 7.68. The Morgan fingerprint density at radius 3 is 2.65 bits per heavy atom. The maximum Gasteiger partial charge on any atom is 0.323 e. The Balaban J connectivity index is 1.34. The van der Waals surface area contributed by atoms with Crippen LogP contribution in [0.2, 0.25) is 0 Å². The van der Waals surface area contributed by atoms with E-state index < -0.39 is 0 Å². The smallest absolute Gasteiger partial charge is 0.323 e. The summed E-state index contributed by atoms with van der Waals surface area (Å²) >= 11 is 0. The third-order valence-corrected chi connectivity index (χ3v) is 6.57. The highest BCUT2D eigenvalue weighted by molar-refractivity contribution is 5.75. The summed E-state index contributed by atoms with van der Waals surface area (Å²) in [7, 11) is 1.47. The van der Waals surface area contributed by atoms with Crippen LogP contribution in [-0.2, 0) is 22.5 Å². The normalized spacial score (nSPS) is 16.4. The third kappa shape index (κ3) is 5.68. The Morgan fingerprint density at radius 1 is 1.12 bits per heavy atom. The highest BCUT2D eigenvalue weighted by atomic mass is 16.5. The van der Waals surface area contributed by atoms with Gasteiger partial charge in [0.15, 0.2) is 0 Å². The van der Waals surface area contributed by atoms with Crippen molar-refractivity contribution in [2.45, 2.75) is 59.0 Å². The molecule has 4 rings (SSSR count). The lowest BCUT2D eigenvalue weighted by atomic mass is 10.00. The molecule has 6 nitrogen and oxygen atoms in total. The summed E-state index contributed by atoms with van der Waals surface area (Å²) < 4.78 is 16.9. The van der Waals surface area contributed by atoms with Crippen molar-refractivity contribution in [2.24, 2.45) is 0 Å². The summed E-state index contributed by atoms with van der Waals surface area (Å²) in [5, 5.41) is 0. The van der Waals surface area contributed by atoms with Crippen molar-refractivity contribution < 1.29 is 18.7 Å². The zero-order valence-electron chi connectivity index (χ0n) is 20.6. The molecule has 0 N–H and O–H groups in total. The molecule has 0 spiro atoms. The largest absolute Gasteiger partial charge is 0.493 e. The van der Waals surface area contributed by atoms with Gasteiger partial charge in [-0.05, 0) is 75.5 Å². The minimum absolute atomic E-state index is 0.133. The fraction of sp³-hybridized carbons (Fsp3) is 0.429. The van der Waals surface area contributed by atoms with Gasteiger partial charge in [-0.15, -0.1) is 0 Å². The van der Waals surface area contributed by atoms with Gasteiger partial charge in [-0.1, -0.05) is 30.2 Å². The maximum atomic E-state index is 12.2. The van der Waals surface area contributed by atoms with E-state index in [1.165, 1.54) is 18.2 Å². The lowest BCUT2D eigenvalue weighted by Gasteiger charge is -2.34. The number of piperidine rings is 1. The number of ether oxygens (including phenoxy) is 2. The molecule has 2 aromatic carbocycles. The van der Waals surface area contributed by atoms with Crippen molar-refractivity contribution in [3.63, 3.8) is 0 Å². The number of carbonyl (C=O) groups is 1. The van der Waals surface area contributed by atoms with E-state index in [9.17, 15) is 4.79 Å². The van der Waals surface area contributed by atoms with Crippen LogP contribution in [0.5, 0.6) is 5.75 Å². The van der Waals surface area contributed by atoms with Crippen LogP contribution in [0, 0.1) is 20.8 Å². The van der Waals surface area contributed by atoms with E-state index in [1.807, 2.05) is 25.1 Å². The van der Waals surface area contributed by atoms with Gasteiger partial charge >= 0.3 is 5.97 Å². The zero-order valence-corrected chi connectivity index (χ0v) is 20.6. The van der Waals surface area contributed by atoms with E-state index in [1.54, 1.807) is 0 Å². The number of likely N-dealkylation sites (tertiary alicyclic amines) is 1. The lowest BCUT2D eigenvalue weighted by molar-refractivity contribution is -0.148. The molecule has 1 aromatic heterocycles. The molecule has 1 aliphatic heterocycles. The van der Waals surface area contributed by atoms with Crippen molar-refractivity contribution in [1.29, 1.82) is 0 Å². The summed E-state index contributed by atoms with van der Waals surface area (Å²) in [5.74, 6) is 2.18. The topological polar surface area (TPSA) is 64.8 Å². The summed E-state index contributed by atoms with van der Waals surface area (Å²) in [5.41, 5.74) is 5.48. The molecule has 1 atom stereocenters. The van der Waals surface area contributed by atoms with Crippen LogP contribution in [0.4, 0.5) is 0 Å². The molecule has 0 bridgehead atoms. The average molecular weight is 463 g/mol. The molecule has 6 heteroatoms. The van der Waals surface area contributed by atoms with Crippen LogP contribution in [0.1, 0.15) is 47.4 Å². The van der Waals surface area contributed by atoms with Crippen LogP contribution >= 0.6 is 0 Å². The van der Waals surface area contributed by atoms with Crippen LogP contribution in [-0.4, -0.2) is 42.2 Å². The third-order valence-electron chi connectivity index (χ3n) is 6.57. The number of oxazole rings is 1. The summed E-state index contributed by atoms with van der Waals surface area (Å²) in [6, 6.07) is 14.2. The van der Waals surface area contributed by atoms with Crippen molar-refractivity contribution in [1.82, 2.24) is 9.88 Å². The fourth-order valence-corrected chi connectivity index (χ4v) is 4.48. The SMILES string of the molecule is COC(=O)C1CCCCN1Cc1ccc(OCCc2nc(-c3ccc(C)cc3)oc2C)cc1C. The number of aryl methyl sites for hydroxylation is 3. The van der Waals surface area contributed by atoms with Gasteiger partial charge in [0.05, 0.1) is 19.4 Å². The average Bonchev–Trinajstić information content (AvgIpc) is 3.21. The molecule has 0 aliphatic carbocycles. The number of methoxy groups -OCH3 is 1. The first-order chi connectivity index (χ1) is 16.4. The number of benzene rings is 2. The Hall–Kier alpha value is -3.12. The fourth-order valence-electron chi connectivity index (χ4n) is 4.48. The number of hydrogen-bond donors (Lipinski definition) is 0. The minimum atomic E-state index is -0.149. The van der Waals surface area contributed by atoms with Crippen molar-refractivity contribution in [2.75, 3.05) is 20.3 Å². The Morgan fingerprint density at radius 2 is 1.91 bits per heavy atom. The van der Waals surface area contributed by atoms with Gasteiger partial charge in [0.25, 0.3) is 0 Å². The van der Waals surface area contributed by atoms with Crippen molar-refractivity contribution in [3.8, 4) is 17.2 Å². The summed E-state index contributed by atoms with van der Waals surface area (Å²) in [4.78, 5) is 19.1. The minimum Gasteiger partial charge on any atom is -0.493 e. The Bertz CT molecular complexity index is 1120. The van der Waals surface area contributed by atoms with Crippen LogP contribution in [0.3, 0.4) is 0 Å². The van der Waals surface area contributed by atoms with Crippen molar-refractivity contribution >= 4 is 5.97 Å². The second kappa shape index (κ2) is 10.9. The molecular weight excluding hydrogens is 428 g/mol. The van der Waals surface area contributed by atoms with Gasteiger partial charge in [-0.25, -0.2) is 4.98 Å². The second-order valence-electron chi connectivity index (χ2n) is 9.08. The monoisotopic (exact) mass is 462 g/mol. The van der Waals surface area contributed by atoms with Gasteiger partial charge in [-0.2, -0.15) is 0 Å². The maximum absolute atomic E-state index is 12.2. The Labute approximate surface area is 201 Å². The molecule has 3 aromatic rings. The van der Waals surface area contributed by atoms with E-state index in [0.717, 1.165) is 60.7 Å². The molecule has 1 fully saturated rings. The van der Waals surface area contributed by atoms with Gasteiger partial charge in [0, 0.05) is 18.5 Å². The summed E-state index contributed by atoms with van der Waals surface area (Å²) in [6.07, 6.45) is 3.72. The standard InChI is InChI=1S/C28H34N2O4/c1-19-8-10-22(11-9-19)27-29-25(21(3)34-27)14-16-33-24-13-12-23(20(2)17-24)18-30-15-6-5-7-26(30)28(31)32-4/h8-13,17,26H,5-7,14-16,18H2,1-4H3. The molecule has 1 saturated heterocycles. The molecule has 2 heterocycles. The molecule has 1 unspecified atom stereocenters. The lowest BCUT2D eigenvalue weighted by Crippen LogP contribution is -2.44. The first-order valence-corrected chi connectivity index (χ1v) is 12.0. The summed E-state index contributed by atoms with van der Waals surface area (Å²) in [6.45, 7) is 8.28. The number of nitrogens with zero attached hydrogens (tertiary/aromatic N) is 2. The second-order valence-corrected chi connectivity index (χ2v) is 9.08. The van der Waals surface area contributed by atoms with E-state index >= 15 is 0 Å². The van der Waals surface area contributed by atoms with E-state index in [-0.39, 0.29) is 12.0 Å². The van der Waals surface area contributed by atoms with Crippen LogP contribution in [0.25, 0.3) is 11.5 Å². The molecule has 1 aliphatic rings. The number of rotatable bonds is 8. The number of hydrogen-bond acceptors (Lipinski definition) is 6. The zero-order chi connectivity index (χ0) is 24.1. The molecule has 34 heavy (non-hydrogen) atoms. The van der Waals surface area contributed by atoms with Gasteiger partial charge in [-0.3, -0.25) is 9.69 Å². The van der Waals surface area contributed by atoms with Crippen LogP contribution in [0.15, 0.2) is 46.9 Å². The van der Waals surface area contributed by atoms with Crippen molar-refractivity contribution in [3.05, 3.63) is 70.6 Å². The van der Waals surface area contributed by atoms with Gasteiger partial charge in [0.2, 0.25) is 5.89 Å². The van der Waals surface area contributed by atoms with E-state index in [0.29, 0.717) is 18.9 Å². The van der Waals surface area contributed by atoms with Crippen LogP contribution < -0.4 is 4.74 Å². The molecular formula is C28H34N2O4. The molecule has 0 saturated carbocycles. The van der Waals surface area contributed by atoms with Gasteiger partial charge < -0.3 is 13.9 Å². The number of aromatic nitrogens is 1. The first kappa shape index (κ1) is 24.0. The number of carbonyl (C=O) groups excluding carboxylic acids is 1. The number of esters is 1. The highest BCUT2D eigenvalue weighted by Gasteiger charge is 2.29. The first-order valence-electron chi connectivity index (χ1n) is 12.0. The predicted octanol–water partition coefficient (Wildman–Crippen LogP) is 5.42. The quantitative estimate of drug-likeness (QED) is 0.417. The van der Waals surface area contributed by atoms with E-state index in [4.69, 9.17) is 13.9 Å². The molecule has 0 amide bonds. The van der Waals surface area contributed by atoms with Gasteiger partial charge in [0.1, 0.15) is 17.6 Å². The highest BCUT2D eigenvalue weighted by Crippen LogP contribution is 2.25.